The van der Waals surface area contributed by atoms with Gasteiger partial charge in [-0.1, -0.05) is 24.3 Å². The Bertz CT molecular complexity index is 488. The highest BCUT2D eigenvalue weighted by molar-refractivity contribution is 5.87. The lowest BCUT2D eigenvalue weighted by atomic mass is 9.77. The number of hydrogen-bond acceptors (Lipinski definition) is 3. The first kappa shape index (κ1) is 14.3. The molecule has 0 aliphatic heterocycles. The minimum absolute atomic E-state index is 0. The third-order valence-electron chi connectivity index (χ3n) is 4.19. The number of nitrogens with two attached hydrogens (primary N) is 1. The Labute approximate surface area is 118 Å². The van der Waals surface area contributed by atoms with Gasteiger partial charge < -0.3 is 16.2 Å². The van der Waals surface area contributed by atoms with Gasteiger partial charge in [0.1, 0.15) is 0 Å². The molecule has 104 valence electrons. The highest BCUT2D eigenvalue weighted by atomic mass is 35.5. The van der Waals surface area contributed by atoms with Crippen LogP contribution in [0.15, 0.2) is 24.3 Å². The molecule has 0 aromatic heterocycles. The first-order chi connectivity index (χ1) is 8.60. The van der Waals surface area contributed by atoms with Gasteiger partial charge in [0.25, 0.3) is 0 Å². The minimum atomic E-state index is -0.711. The van der Waals surface area contributed by atoms with Crippen molar-refractivity contribution in [2.24, 2.45) is 5.73 Å². The summed E-state index contributed by atoms with van der Waals surface area (Å²) < 4.78 is 0. The Morgan fingerprint density at radius 3 is 2.68 bits per heavy atom. The van der Waals surface area contributed by atoms with E-state index in [1.54, 1.807) is 0 Å². The summed E-state index contributed by atoms with van der Waals surface area (Å²) in [5.41, 5.74) is 7.41. The molecule has 1 saturated carbocycles. The molecule has 1 amide bonds. The van der Waals surface area contributed by atoms with Gasteiger partial charge in [0.05, 0.1) is 17.7 Å². The smallest absolute Gasteiger partial charge is 0.240 e. The monoisotopic (exact) mass is 282 g/mol. The molecule has 0 saturated heterocycles. The van der Waals surface area contributed by atoms with Crippen molar-refractivity contribution < 1.29 is 9.90 Å². The molecule has 0 radical (unpaired) electrons. The maximum absolute atomic E-state index is 12.1. The van der Waals surface area contributed by atoms with Crippen LogP contribution in [-0.2, 0) is 11.2 Å². The number of halogens is 1. The summed E-state index contributed by atoms with van der Waals surface area (Å²) in [6.45, 7) is 0. The summed E-state index contributed by atoms with van der Waals surface area (Å²) in [6, 6.07) is 7.52. The van der Waals surface area contributed by atoms with E-state index in [2.05, 4.69) is 5.32 Å². The highest BCUT2D eigenvalue weighted by Gasteiger charge is 2.42. The number of carbonyl (C=O) groups is 1. The van der Waals surface area contributed by atoms with Crippen molar-refractivity contribution in [3.63, 3.8) is 0 Å². The first-order valence-corrected chi connectivity index (χ1v) is 6.46. The zero-order chi connectivity index (χ0) is 12.8. The first-order valence-electron chi connectivity index (χ1n) is 6.46. The molecule has 4 N–H and O–H groups in total. The summed E-state index contributed by atoms with van der Waals surface area (Å²) >= 11 is 0. The van der Waals surface area contributed by atoms with Crippen molar-refractivity contribution in [3.05, 3.63) is 35.4 Å². The third-order valence-corrected chi connectivity index (χ3v) is 4.19. The Morgan fingerprint density at radius 1 is 1.37 bits per heavy atom. The summed E-state index contributed by atoms with van der Waals surface area (Å²) in [4.78, 5) is 12.1. The minimum Gasteiger partial charge on any atom is -0.390 e. The highest BCUT2D eigenvalue weighted by Crippen LogP contribution is 2.34. The van der Waals surface area contributed by atoms with Crippen LogP contribution < -0.4 is 11.1 Å². The molecule has 1 fully saturated rings. The molecule has 1 aromatic rings. The quantitative estimate of drug-likeness (QED) is 0.759. The van der Waals surface area contributed by atoms with Crippen molar-refractivity contribution >= 4 is 18.3 Å². The molecular formula is C14H19ClN2O2. The van der Waals surface area contributed by atoms with Crippen LogP contribution in [-0.4, -0.2) is 22.7 Å². The molecule has 2 aliphatic rings. The van der Waals surface area contributed by atoms with Gasteiger partial charge in [-0.05, 0) is 30.4 Å². The molecule has 2 aliphatic carbocycles. The standard InChI is InChI=1S/C14H18N2O2.ClH/c15-14(6-3-7-14)13(18)16-12-10-5-2-1-4-9(10)8-11(12)17;/h1-2,4-5,11-12,17H,3,6-8,15H2,(H,16,18);1H/t11-,12+;/m0./s1. The lowest BCUT2D eigenvalue weighted by Crippen LogP contribution is -2.59. The predicted octanol–water partition coefficient (Wildman–Crippen LogP) is 1.06. The van der Waals surface area contributed by atoms with Crippen LogP contribution in [0.4, 0.5) is 0 Å². The summed E-state index contributed by atoms with van der Waals surface area (Å²) in [6.07, 6.45) is 2.54. The van der Waals surface area contributed by atoms with Gasteiger partial charge in [-0.25, -0.2) is 0 Å². The molecule has 0 bridgehead atoms. The van der Waals surface area contributed by atoms with Crippen molar-refractivity contribution in [1.29, 1.82) is 0 Å². The number of fused-ring (bicyclic) bond motifs is 1. The molecule has 2 atom stereocenters. The second-order valence-corrected chi connectivity index (χ2v) is 5.43. The van der Waals surface area contributed by atoms with E-state index in [4.69, 9.17) is 5.73 Å². The second-order valence-electron chi connectivity index (χ2n) is 5.43. The fourth-order valence-electron chi connectivity index (χ4n) is 2.82. The Balaban J connectivity index is 0.00000133. The number of rotatable bonds is 2. The molecule has 0 unspecified atom stereocenters. The molecule has 1 aromatic carbocycles. The van der Waals surface area contributed by atoms with Gasteiger partial charge in [0.2, 0.25) is 5.91 Å². The van der Waals surface area contributed by atoms with Crippen molar-refractivity contribution in [3.8, 4) is 0 Å². The normalized spacial score (nSPS) is 26.8. The zero-order valence-corrected chi connectivity index (χ0v) is 11.5. The maximum atomic E-state index is 12.1. The van der Waals surface area contributed by atoms with Crippen molar-refractivity contribution in [2.45, 2.75) is 43.4 Å². The number of amides is 1. The lowest BCUT2D eigenvalue weighted by Gasteiger charge is -2.37. The number of benzene rings is 1. The van der Waals surface area contributed by atoms with Gasteiger partial charge >= 0.3 is 0 Å². The van der Waals surface area contributed by atoms with Gasteiger partial charge in [0, 0.05) is 6.42 Å². The van der Waals surface area contributed by atoms with Crippen LogP contribution in [0.5, 0.6) is 0 Å². The van der Waals surface area contributed by atoms with E-state index in [0.717, 1.165) is 30.4 Å². The molecular weight excluding hydrogens is 264 g/mol. The zero-order valence-electron chi connectivity index (χ0n) is 10.6. The Hall–Kier alpha value is -1.10. The van der Waals surface area contributed by atoms with E-state index < -0.39 is 11.6 Å². The van der Waals surface area contributed by atoms with E-state index in [0.29, 0.717) is 6.42 Å². The number of carbonyl (C=O) groups excluding carboxylic acids is 1. The van der Waals surface area contributed by atoms with E-state index in [1.165, 1.54) is 0 Å². The van der Waals surface area contributed by atoms with E-state index in [1.807, 2.05) is 24.3 Å². The number of hydrogen-bond donors (Lipinski definition) is 3. The van der Waals surface area contributed by atoms with Gasteiger partial charge in [0.15, 0.2) is 0 Å². The molecule has 19 heavy (non-hydrogen) atoms. The molecule has 5 heteroatoms. The van der Waals surface area contributed by atoms with Crippen LogP contribution in [0, 0.1) is 0 Å². The molecule has 0 spiro atoms. The molecule has 3 rings (SSSR count). The topological polar surface area (TPSA) is 75.4 Å². The third kappa shape index (κ3) is 2.36. The summed E-state index contributed by atoms with van der Waals surface area (Å²) in [5.74, 6) is -0.130. The van der Waals surface area contributed by atoms with Gasteiger partial charge in [-0.3, -0.25) is 4.79 Å². The lowest BCUT2D eigenvalue weighted by molar-refractivity contribution is -0.130. The SMILES string of the molecule is Cl.NC1(C(=O)N[C@@H]2c3ccccc3C[C@@H]2O)CCC1. The average Bonchev–Trinajstić information content (AvgIpc) is 2.63. The number of aliphatic hydroxyl groups excluding tert-OH is 1. The van der Waals surface area contributed by atoms with Gasteiger partial charge in [-0.2, -0.15) is 0 Å². The predicted molar refractivity (Wildman–Crippen MR) is 75.1 cm³/mol. The van der Waals surface area contributed by atoms with Crippen LogP contribution >= 0.6 is 12.4 Å². The Morgan fingerprint density at radius 2 is 2.05 bits per heavy atom. The molecule has 0 heterocycles. The number of nitrogens with one attached hydrogen (secondary N) is 1. The van der Waals surface area contributed by atoms with E-state index >= 15 is 0 Å². The van der Waals surface area contributed by atoms with Crippen LogP contribution in [0.2, 0.25) is 0 Å². The Kier molecular flexibility index (Phi) is 3.85. The van der Waals surface area contributed by atoms with Crippen molar-refractivity contribution in [2.75, 3.05) is 0 Å². The fraction of sp³-hybridized carbons (Fsp3) is 0.500. The van der Waals surface area contributed by atoms with Gasteiger partial charge in [-0.15, -0.1) is 12.4 Å². The summed E-state index contributed by atoms with van der Waals surface area (Å²) in [7, 11) is 0. The van der Waals surface area contributed by atoms with E-state index in [-0.39, 0.29) is 24.4 Å². The summed E-state index contributed by atoms with van der Waals surface area (Å²) in [5, 5.41) is 13.0. The van der Waals surface area contributed by atoms with Crippen LogP contribution in [0.1, 0.15) is 36.4 Å². The van der Waals surface area contributed by atoms with Crippen molar-refractivity contribution in [1.82, 2.24) is 5.32 Å². The fourth-order valence-corrected chi connectivity index (χ4v) is 2.82. The van der Waals surface area contributed by atoms with Crippen LogP contribution in [0.3, 0.4) is 0 Å². The average molecular weight is 283 g/mol. The van der Waals surface area contributed by atoms with Crippen LogP contribution in [0.25, 0.3) is 0 Å². The second kappa shape index (κ2) is 5.12. The van der Waals surface area contributed by atoms with E-state index in [9.17, 15) is 9.90 Å². The largest absolute Gasteiger partial charge is 0.390 e. The molecule has 4 nitrogen and oxygen atoms in total. The maximum Gasteiger partial charge on any atom is 0.240 e. The number of aliphatic hydroxyl groups is 1.